The van der Waals surface area contributed by atoms with Crippen LogP contribution >= 0.6 is 0 Å². The lowest BCUT2D eigenvalue weighted by Crippen LogP contribution is -2.23. The lowest BCUT2D eigenvalue weighted by Gasteiger charge is -2.34. The molecule has 1 aliphatic carbocycles. The molecule has 0 atom stereocenters. The van der Waals surface area contributed by atoms with Gasteiger partial charge in [0.2, 0.25) is 0 Å². The molecule has 0 heterocycles. The second-order valence-electron chi connectivity index (χ2n) is 6.42. The highest BCUT2D eigenvalue weighted by Gasteiger charge is 2.36. The van der Waals surface area contributed by atoms with Crippen LogP contribution in [0.4, 0.5) is 0 Å². The molecule has 0 spiro atoms. The van der Waals surface area contributed by atoms with Crippen molar-refractivity contribution in [2.45, 2.75) is 53.9 Å². The van der Waals surface area contributed by atoms with Crippen LogP contribution in [0, 0.1) is 16.7 Å². The molecule has 0 amide bonds. The van der Waals surface area contributed by atoms with E-state index in [9.17, 15) is 0 Å². The maximum Gasteiger partial charge on any atom is -0.0140 e. The third-order valence-corrected chi connectivity index (χ3v) is 2.91. The molecule has 0 N–H and O–H groups in total. The maximum absolute atomic E-state index is 4.27. The van der Waals surface area contributed by atoms with Crippen LogP contribution in [0.1, 0.15) is 53.9 Å². The molecule has 0 bridgehead atoms. The van der Waals surface area contributed by atoms with Gasteiger partial charge in [0, 0.05) is 0 Å². The molecule has 1 saturated carbocycles. The maximum atomic E-state index is 4.27. The van der Waals surface area contributed by atoms with Crippen LogP contribution in [0.3, 0.4) is 0 Å². The summed E-state index contributed by atoms with van der Waals surface area (Å²) in [5.74, 6) is 0.845. The molecular weight excluding hydrogens is 156 g/mol. The Hall–Kier alpha value is -0.260. The molecule has 0 aromatic carbocycles. The topological polar surface area (TPSA) is 0 Å². The second-order valence-corrected chi connectivity index (χ2v) is 6.42. The van der Waals surface area contributed by atoms with E-state index >= 15 is 0 Å². The van der Waals surface area contributed by atoms with E-state index in [-0.39, 0.29) is 0 Å². The van der Waals surface area contributed by atoms with Gasteiger partial charge >= 0.3 is 0 Å². The fraction of sp³-hybridized carbons (Fsp3) is 0.846. The SMILES string of the molecule is C=C(C1CC1)C(C)(C)CC(C)(C)C. The summed E-state index contributed by atoms with van der Waals surface area (Å²) in [7, 11) is 0. The van der Waals surface area contributed by atoms with Crippen LogP contribution in [0.25, 0.3) is 0 Å². The first kappa shape index (κ1) is 10.8. The van der Waals surface area contributed by atoms with Gasteiger partial charge in [-0.1, -0.05) is 46.8 Å². The van der Waals surface area contributed by atoms with Crippen LogP contribution < -0.4 is 0 Å². The van der Waals surface area contributed by atoms with Crippen molar-refractivity contribution < 1.29 is 0 Å². The molecule has 0 aliphatic heterocycles. The molecule has 1 fully saturated rings. The zero-order valence-electron chi connectivity index (χ0n) is 9.91. The first-order chi connectivity index (χ1) is 5.72. The quantitative estimate of drug-likeness (QED) is 0.564. The predicted molar refractivity (Wildman–Crippen MR) is 59.7 cm³/mol. The van der Waals surface area contributed by atoms with Crippen molar-refractivity contribution >= 4 is 0 Å². The van der Waals surface area contributed by atoms with Gasteiger partial charge in [0.05, 0.1) is 0 Å². The number of allylic oxidation sites excluding steroid dienone is 1. The van der Waals surface area contributed by atoms with Crippen molar-refractivity contribution in [2.24, 2.45) is 16.7 Å². The van der Waals surface area contributed by atoms with Crippen molar-refractivity contribution in [1.29, 1.82) is 0 Å². The summed E-state index contributed by atoms with van der Waals surface area (Å²) >= 11 is 0. The van der Waals surface area contributed by atoms with Crippen LogP contribution in [-0.2, 0) is 0 Å². The summed E-state index contributed by atoms with van der Waals surface area (Å²) < 4.78 is 0. The third-order valence-electron chi connectivity index (χ3n) is 2.91. The van der Waals surface area contributed by atoms with Gasteiger partial charge in [-0.05, 0) is 36.0 Å². The first-order valence-corrected chi connectivity index (χ1v) is 5.42. The molecule has 0 heteroatoms. The van der Waals surface area contributed by atoms with Crippen LogP contribution in [0.15, 0.2) is 12.2 Å². The third kappa shape index (κ3) is 3.17. The van der Waals surface area contributed by atoms with E-state index in [4.69, 9.17) is 0 Å². The van der Waals surface area contributed by atoms with Gasteiger partial charge in [-0.15, -0.1) is 0 Å². The Morgan fingerprint density at radius 2 is 1.62 bits per heavy atom. The highest BCUT2D eigenvalue weighted by molar-refractivity contribution is 5.16. The number of hydrogen-bond acceptors (Lipinski definition) is 0. The van der Waals surface area contributed by atoms with E-state index in [0.29, 0.717) is 10.8 Å². The highest BCUT2D eigenvalue weighted by atomic mass is 14.4. The summed E-state index contributed by atoms with van der Waals surface area (Å²) in [4.78, 5) is 0. The van der Waals surface area contributed by atoms with Gasteiger partial charge in [0.1, 0.15) is 0 Å². The minimum Gasteiger partial charge on any atom is -0.0990 e. The van der Waals surface area contributed by atoms with Crippen molar-refractivity contribution in [3.63, 3.8) is 0 Å². The zero-order valence-corrected chi connectivity index (χ0v) is 9.91. The summed E-state index contributed by atoms with van der Waals surface area (Å²) in [6.45, 7) is 15.9. The Morgan fingerprint density at radius 3 is 1.92 bits per heavy atom. The standard InChI is InChI=1S/C13H24/c1-10(11-7-8-11)13(5,6)9-12(2,3)4/h11H,1,7-9H2,2-6H3. The molecule has 13 heavy (non-hydrogen) atoms. The van der Waals surface area contributed by atoms with E-state index in [1.165, 1.54) is 24.8 Å². The van der Waals surface area contributed by atoms with Crippen LogP contribution in [0.2, 0.25) is 0 Å². The average Bonchev–Trinajstić information content (AvgIpc) is 2.60. The van der Waals surface area contributed by atoms with E-state index in [0.717, 1.165) is 5.92 Å². The van der Waals surface area contributed by atoms with E-state index in [2.05, 4.69) is 41.2 Å². The molecule has 0 radical (unpaired) electrons. The van der Waals surface area contributed by atoms with Crippen molar-refractivity contribution in [2.75, 3.05) is 0 Å². The first-order valence-electron chi connectivity index (χ1n) is 5.42. The lowest BCUT2D eigenvalue weighted by atomic mass is 9.71. The Kier molecular flexibility index (Phi) is 2.62. The zero-order chi connectivity index (χ0) is 10.3. The largest absolute Gasteiger partial charge is 0.0990 e. The van der Waals surface area contributed by atoms with Gasteiger partial charge in [-0.2, -0.15) is 0 Å². The molecule has 76 valence electrons. The van der Waals surface area contributed by atoms with Crippen molar-refractivity contribution in [1.82, 2.24) is 0 Å². The van der Waals surface area contributed by atoms with Crippen LogP contribution in [-0.4, -0.2) is 0 Å². The van der Waals surface area contributed by atoms with Gasteiger partial charge < -0.3 is 0 Å². The van der Waals surface area contributed by atoms with Gasteiger partial charge in [0.15, 0.2) is 0 Å². The van der Waals surface area contributed by atoms with Gasteiger partial charge in [-0.3, -0.25) is 0 Å². The minimum atomic E-state index is 0.333. The molecule has 1 rings (SSSR count). The summed E-state index contributed by atoms with van der Waals surface area (Å²) in [5.41, 5.74) is 2.24. The fourth-order valence-electron chi connectivity index (χ4n) is 2.42. The highest BCUT2D eigenvalue weighted by Crippen LogP contribution is 2.48. The summed E-state index contributed by atoms with van der Waals surface area (Å²) in [6.07, 6.45) is 4.01. The van der Waals surface area contributed by atoms with E-state index in [1.54, 1.807) is 0 Å². The minimum absolute atomic E-state index is 0.333. The molecule has 0 saturated heterocycles. The smallest absolute Gasteiger partial charge is 0.0140 e. The second kappa shape index (κ2) is 3.15. The summed E-state index contributed by atoms with van der Waals surface area (Å²) in [5, 5.41) is 0. The Bertz CT molecular complexity index is 199. The molecule has 1 aliphatic rings. The lowest BCUT2D eigenvalue weighted by molar-refractivity contribution is 0.243. The monoisotopic (exact) mass is 180 g/mol. The molecule has 0 nitrogen and oxygen atoms in total. The van der Waals surface area contributed by atoms with E-state index in [1.807, 2.05) is 0 Å². The predicted octanol–water partition coefficient (Wildman–Crippen LogP) is 4.42. The molecule has 0 aromatic heterocycles. The van der Waals surface area contributed by atoms with Crippen molar-refractivity contribution in [3.8, 4) is 0 Å². The average molecular weight is 180 g/mol. The van der Waals surface area contributed by atoms with Gasteiger partial charge in [-0.25, -0.2) is 0 Å². The normalized spacial score (nSPS) is 18.8. The Balaban J connectivity index is 2.58. The van der Waals surface area contributed by atoms with Crippen molar-refractivity contribution in [3.05, 3.63) is 12.2 Å². The Morgan fingerprint density at radius 1 is 1.15 bits per heavy atom. The molecule has 0 aromatic rings. The fourth-order valence-corrected chi connectivity index (χ4v) is 2.42. The van der Waals surface area contributed by atoms with E-state index < -0.39 is 0 Å². The van der Waals surface area contributed by atoms with Crippen LogP contribution in [0.5, 0.6) is 0 Å². The Labute approximate surface area is 83.4 Å². The molecular formula is C13H24. The van der Waals surface area contributed by atoms with Gasteiger partial charge in [0.25, 0.3) is 0 Å². The number of hydrogen-bond donors (Lipinski definition) is 0. The summed E-state index contributed by atoms with van der Waals surface area (Å²) in [6, 6.07) is 0. The number of rotatable bonds is 3. The molecule has 0 unspecified atom stereocenters.